The summed E-state index contributed by atoms with van der Waals surface area (Å²) in [6.45, 7) is 3.41. The van der Waals surface area contributed by atoms with Gasteiger partial charge in [0.05, 0.1) is 25.9 Å². The van der Waals surface area contributed by atoms with Crippen LogP contribution in [0.4, 0.5) is 0 Å². The molecule has 4 atom stereocenters. The third kappa shape index (κ3) is 38.3. The minimum absolute atomic E-state index is 0.0423. The van der Waals surface area contributed by atoms with Gasteiger partial charge in [-0.15, -0.1) is 0 Å². The van der Waals surface area contributed by atoms with Crippen LogP contribution in [0.25, 0.3) is 0 Å². The predicted molar refractivity (Wildman–Crippen MR) is 208 cm³/mol. The summed E-state index contributed by atoms with van der Waals surface area (Å²) in [5, 5.41) is 19.0. The number of aliphatic hydroxyl groups excluding tert-OH is 2. The fraction of sp³-hybridized carbons (Fsp3) is 0.737. The zero-order valence-electron chi connectivity index (χ0n) is 32.6. The Bertz CT molecular complexity index is 1180. The third-order valence-electron chi connectivity index (χ3n) is 7.66. The molecule has 0 radical (unpaired) electrons. The quantitative estimate of drug-likeness (QED) is 0.0178. The van der Waals surface area contributed by atoms with Crippen molar-refractivity contribution in [2.24, 2.45) is 5.92 Å². The lowest BCUT2D eigenvalue weighted by atomic mass is 10.0. The van der Waals surface area contributed by atoms with E-state index in [-0.39, 0.29) is 18.9 Å². The van der Waals surface area contributed by atoms with E-state index < -0.39 is 66.2 Å². The summed E-state index contributed by atoms with van der Waals surface area (Å²) in [6, 6.07) is 0. The highest BCUT2D eigenvalue weighted by Gasteiger charge is 2.28. The second-order valence-electron chi connectivity index (χ2n) is 13.6. The lowest BCUT2D eigenvalue weighted by Gasteiger charge is -2.20. The summed E-state index contributed by atoms with van der Waals surface area (Å²) in [7, 11) is -9.69. The fourth-order valence-electron chi connectivity index (χ4n) is 4.72. The predicted octanol–water partition coefficient (Wildman–Crippen LogP) is 7.94. The number of unbranched alkanes of at least 4 members (excludes halogenated alkanes) is 7. The highest BCUT2D eigenvalue weighted by Crippen LogP contribution is 2.43. The first kappa shape index (κ1) is 52.0. The van der Waals surface area contributed by atoms with Gasteiger partial charge in [-0.2, -0.15) is 0 Å². The zero-order valence-corrected chi connectivity index (χ0v) is 34.4. The van der Waals surface area contributed by atoms with Crippen LogP contribution in [0.1, 0.15) is 130 Å². The smallest absolute Gasteiger partial charge is 0.462 e. The van der Waals surface area contributed by atoms with E-state index >= 15 is 0 Å². The van der Waals surface area contributed by atoms with Crippen molar-refractivity contribution in [2.45, 2.75) is 148 Å². The van der Waals surface area contributed by atoms with Gasteiger partial charge in [0.25, 0.3) is 0 Å². The van der Waals surface area contributed by atoms with E-state index in [9.17, 15) is 33.8 Å². The van der Waals surface area contributed by atoms with Gasteiger partial charge in [-0.1, -0.05) is 101 Å². The molecule has 0 aliphatic carbocycles. The first-order valence-corrected chi connectivity index (χ1v) is 22.2. The lowest BCUT2D eigenvalue weighted by molar-refractivity contribution is -0.161. The number of carbonyl (C=O) groups excluding carboxylic acids is 2. The SMILES string of the molecule is CC(C)CCCCCCCCC(=O)OC[C@H](COP(=O)(O)OC[C@@H](O)COP(=O)(O)O)OC(=O)CCC/C=C\C/C=C\C/C=C\C/C=C\CCC[C@H](C)O. The maximum atomic E-state index is 12.6. The number of allylic oxidation sites excluding steroid dienone is 8. The number of ether oxygens (including phenoxy) is 2. The van der Waals surface area contributed by atoms with Crippen molar-refractivity contribution < 1.29 is 66.7 Å². The van der Waals surface area contributed by atoms with Crippen molar-refractivity contribution in [2.75, 3.05) is 26.4 Å². The van der Waals surface area contributed by atoms with Gasteiger partial charge in [0.15, 0.2) is 6.10 Å². The standard InChI is InChI=1S/C38H68O14P2/c1-33(2)25-21-17-15-16-19-23-27-37(41)48-31-36(32-51-54(46,47)50-30-35(40)29-49-53(43,44)45)52-38(42)28-24-20-14-12-10-8-6-4-5-7-9-11-13-18-22-26-34(3)39/h5-8,11-14,33-36,39-40H,4,9-10,15-32H2,1-3H3,(H,46,47)(H2,43,44,45)/b7-5-,8-6-,13-11-,14-12-/t34-,35-,36+/m0/s1. The topological polar surface area (TPSA) is 216 Å². The zero-order chi connectivity index (χ0) is 40.5. The molecule has 1 unspecified atom stereocenters. The highest BCUT2D eigenvalue weighted by atomic mass is 31.2. The summed E-state index contributed by atoms with van der Waals surface area (Å²) in [5.74, 6) is -0.432. The number of carbonyl (C=O) groups is 2. The summed E-state index contributed by atoms with van der Waals surface area (Å²) >= 11 is 0. The van der Waals surface area contributed by atoms with Gasteiger partial charge in [0, 0.05) is 12.8 Å². The van der Waals surface area contributed by atoms with Crippen molar-refractivity contribution in [3.63, 3.8) is 0 Å². The molecule has 0 fully saturated rings. The molecular formula is C38H68O14P2. The van der Waals surface area contributed by atoms with Crippen molar-refractivity contribution in [1.82, 2.24) is 0 Å². The Balaban J connectivity index is 4.67. The minimum Gasteiger partial charge on any atom is -0.462 e. The van der Waals surface area contributed by atoms with Crippen LogP contribution in [0.3, 0.4) is 0 Å². The van der Waals surface area contributed by atoms with E-state index in [1.807, 2.05) is 12.2 Å². The van der Waals surface area contributed by atoms with Crippen LogP contribution in [0, 0.1) is 5.92 Å². The fourth-order valence-corrected chi connectivity index (χ4v) is 5.87. The second-order valence-corrected chi connectivity index (χ2v) is 16.3. The molecule has 5 N–H and O–H groups in total. The van der Waals surface area contributed by atoms with Gasteiger partial charge in [-0.25, -0.2) is 9.13 Å². The molecule has 0 amide bonds. The molecule has 0 heterocycles. The van der Waals surface area contributed by atoms with E-state index in [0.29, 0.717) is 25.2 Å². The van der Waals surface area contributed by atoms with Crippen LogP contribution in [-0.4, -0.2) is 81.6 Å². The van der Waals surface area contributed by atoms with E-state index in [1.165, 1.54) is 12.8 Å². The molecule has 0 saturated heterocycles. The summed E-state index contributed by atoms with van der Waals surface area (Å²) in [6.07, 6.45) is 27.2. The maximum Gasteiger partial charge on any atom is 0.472 e. The highest BCUT2D eigenvalue weighted by molar-refractivity contribution is 7.47. The molecule has 0 spiro atoms. The first-order chi connectivity index (χ1) is 25.6. The van der Waals surface area contributed by atoms with Gasteiger partial charge >= 0.3 is 27.6 Å². The Kier molecular flexibility index (Phi) is 32.0. The Morgan fingerprint density at radius 3 is 1.65 bits per heavy atom. The Labute approximate surface area is 322 Å². The number of phosphoric acid groups is 2. The lowest BCUT2D eigenvalue weighted by Crippen LogP contribution is -2.29. The van der Waals surface area contributed by atoms with Crippen molar-refractivity contribution in [1.29, 1.82) is 0 Å². The molecule has 0 aliphatic heterocycles. The summed E-state index contributed by atoms with van der Waals surface area (Å²) < 4.78 is 47.4. The number of phosphoric ester groups is 2. The van der Waals surface area contributed by atoms with Gasteiger partial charge in [-0.3, -0.25) is 23.2 Å². The molecule has 14 nitrogen and oxygen atoms in total. The van der Waals surface area contributed by atoms with Crippen molar-refractivity contribution in [3.05, 3.63) is 48.6 Å². The molecule has 0 aliphatic rings. The van der Waals surface area contributed by atoms with E-state index in [0.717, 1.165) is 64.2 Å². The number of aliphatic hydroxyl groups is 2. The molecule has 0 saturated carbocycles. The average Bonchev–Trinajstić information content (AvgIpc) is 3.09. The molecule has 0 aromatic heterocycles. The van der Waals surface area contributed by atoms with Crippen LogP contribution < -0.4 is 0 Å². The van der Waals surface area contributed by atoms with Crippen LogP contribution >= 0.6 is 15.6 Å². The normalized spacial score (nSPS) is 15.4. The minimum atomic E-state index is -4.87. The van der Waals surface area contributed by atoms with Crippen LogP contribution in [-0.2, 0) is 41.8 Å². The van der Waals surface area contributed by atoms with E-state index in [2.05, 4.69) is 59.4 Å². The van der Waals surface area contributed by atoms with Gasteiger partial charge < -0.3 is 34.4 Å². The van der Waals surface area contributed by atoms with E-state index in [1.54, 1.807) is 6.92 Å². The van der Waals surface area contributed by atoms with Crippen LogP contribution in [0.2, 0.25) is 0 Å². The number of hydrogen-bond acceptors (Lipinski definition) is 11. The van der Waals surface area contributed by atoms with Crippen molar-refractivity contribution >= 4 is 27.6 Å². The molecule has 0 aromatic rings. The van der Waals surface area contributed by atoms with Crippen molar-refractivity contribution in [3.8, 4) is 0 Å². The molecule has 314 valence electrons. The second kappa shape index (κ2) is 33.2. The number of hydrogen-bond donors (Lipinski definition) is 5. The number of rotatable bonds is 35. The monoisotopic (exact) mass is 810 g/mol. The van der Waals surface area contributed by atoms with Gasteiger partial charge in [-0.05, 0) is 70.6 Å². The summed E-state index contributed by atoms with van der Waals surface area (Å²) in [5.41, 5.74) is 0. The first-order valence-electron chi connectivity index (χ1n) is 19.2. The molecule has 54 heavy (non-hydrogen) atoms. The molecular weight excluding hydrogens is 742 g/mol. The van der Waals surface area contributed by atoms with Gasteiger partial charge in [0.2, 0.25) is 0 Å². The molecule has 0 aromatic carbocycles. The molecule has 0 rings (SSSR count). The van der Waals surface area contributed by atoms with Crippen LogP contribution in [0.5, 0.6) is 0 Å². The molecule has 0 bridgehead atoms. The molecule has 16 heteroatoms. The number of esters is 2. The average molecular weight is 811 g/mol. The van der Waals surface area contributed by atoms with E-state index in [4.69, 9.17) is 23.8 Å². The van der Waals surface area contributed by atoms with Crippen LogP contribution in [0.15, 0.2) is 48.6 Å². The largest absolute Gasteiger partial charge is 0.472 e. The Morgan fingerprint density at radius 1 is 0.574 bits per heavy atom. The Hall–Kier alpha value is -1.96. The maximum absolute atomic E-state index is 12.6. The summed E-state index contributed by atoms with van der Waals surface area (Å²) in [4.78, 5) is 52.4. The third-order valence-corrected chi connectivity index (χ3v) is 9.09. The van der Waals surface area contributed by atoms with Gasteiger partial charge in [0.1, 0.15) is 12.7 Å². The Morgan fingerprint density at radius 2 is 1.07 bits per heavy atom.